The predicted molar refractivity (Wildman–Crippen MR) is 101 cm³/mol. The molecule has 3 aromatic rings. The normalized spacial score (nSPS) is 13.6. The standard InChI is InChI=1S/C21H21FN4O/c1-13(2)15-7-14(8-16(22)10-15)9-17-11-18(3-5-23-17)26-20-4-6-24-21(27)19(20)12-25-26/h3,5,7-8,10-13H,4,6,9H2,1-2H3,(H,24,27). The second-order valence-corrected chi connectivity index (χ2v) is 7.15. The molecule has 5 nitrogen and oxygen atoms in total. The second kappa shape index (κ2) is 6.95. The van der Waals surface area contributed by atoms with Crippen LogP contribution in [-0.4, -0.2) is 27.2 Å². The first-order valence-corrected chi connectivity index (χ1v) is 9.11. The third kappa shape index (κ3) is 3.47. The zero-order chi connectivity index (χ0) is 19.0. The van der Waals surface area contributed by atoms with Gasteiger partial charge in [0.25, 0.3) is 5.91 Å². The lowest BCUT2D eigenvalue weighted by Crippen LogP contribution is -2.32. The van der Waals surface area contributed by atoms with Gasteiger partial charge < -0.3 is 5.32 Å². The molecule has 0 saturated carbocycles. The molecule has 1 amide bonds. The van der Waals surface area contributed by atoms with Gasteiger partial charge in [0.2, 0.25) is 0 Å². The topological polar surface area (TPSA) is 59.8 Å². The molecule has 0 spiro atoms. The number of rotatable bonds is 4. The Bertz CT molecular complexity index is 1010. The second-order valence-electron chi connectivity index (χ2n) is 7.15. The van der Waals surface area contributed by atoms with Crippen LogP contribution in [0.1, 0.15) is 52.6 Å². The smallest absolute Gasteiger partial charge is 0.254 e. The van der Waals surface area contributed by atoms with E-state index in [9.17, 15) is 9.18 Å². The van der Waals surface area contributed by atoms with Crippen LogP contribution < -0.4 is 5.32 Å². The molecule has 0 saturated heterocycles. The highest BCUT2D eigenvalue weighted by Gasteiger charge is 2.22. The lowest BCUT2D eigenvalue weighted by Gasteiger charge is -2.15. The molecule has 1 aromatic carbocycles. The molecule has 0 aliphatic carbocycles. The molecular weight excluding hydrogens is 343 g/mol. The van der Waals surface area contributed by atoms with Crippen molar-refractivity contribution >= 4 is 5.91 Å². The van der Waals surface area contributed by atoms with Gasteiger partial charge in [-0.25, -0.2) is 9.07 Å². The van der Waals surface area contributed by atoms with E-state index >= 15 is 0 Å². The average molecular weight is 364 g/mol. The van der Waals surface area contributed by atoms with Crippen molar-refractivity contribution in [2.75, 3.05) is 6.54 Å². The number of hydrogen-bond acceptors (Lipinski definition) is 3. The summed E-state index contributed by atoms with van der Waals surface area (Å²) in [4.78, 5) is 16.4. The largest absolute Gasteiger partial charge is 0.352 e. The van der Waals surface area contributed by atoms with Crippen LogP contribution in [0.3, 0.4) is 0 Å². The molecule has 1 aliphatic rings. The molecule has 6 heteroatoms. The van der Waals surface area contributed by atoms with Crippen LogP contribution in [0.25, 0.3) is 5.69 Å². The molecule has 0 atom stereocenters. The van der Waals surface area contributed by atoms with Crippen molar-refractivity contribution in [3.05, 3.63) is 76.6 Å². The quantitative estimate of drug-likeness (QED) is 0.772. The summed E-state index contributed by atoms with van der Waals surface area (Å²) < 4.78 is 15.7. The highest BCUT2D eigenvalue weighted by molar-refractivity contribution is 5.96. The molecule has 2 aromatic heterocycles. The van der Waals surface area contributed by atoms with Crippen molar-refractivity contribution in [2.45, 2.75) is 32.6 Å². The molecule has 4 rings (SSSR count). The monoisotopic (exact) mass is 364 g/mol. The van der Waals surface area contributed by atoms with Crippen molar-refractivity contribution in [1.29, 1.82) is 0 Å². The molecule has 1 aliphatic heterocycles. The number of nitrogens with zero attached hydrogens (tertiary/aromatic N) is 3. The zero-order valence-corrected chi connectivity index (χ0v) is 15.4. The third-order valence-corrected chi connectivity index (χ3v) is 4.84. The van der Waals surface area contributed by atoms with E-state index in [1.807, 2.05) is 18.2 Å². The van der Waals surface area contributed by atoms with Gasteiger partial charge in [-0.15, -0.1) is 0 Å². The molecule has 1 N–H and O–H groups in total. The summed E-state index contributed by atoms with van der Waals surface area (Å²) in [5.41, 5.74) is 5.09. The van der Waals surface area contributed by atoms with Crippen molar-refractivity contribution < 1.29 is 9.18 Å². The molecular formula is C21H21FN4O. The van der Waals surface area contributed by atoms with Crippen LogP contribution >= 0.6 is 0 Å². The van der Waals surface area contributed by atoms with Crippen LogP contribution in [0.4, 0.5) is 4.39 Å². The number of hydrogen-bond donors (Lipinski definition) is 1. The Morgan fingerprint density at radius 2 is 2.11 bits per heavy atom. The molecule has 0 unspecified atom stereocenters. The SMILES string of the molecule is CC(C)c1cc(F)cc(Cc2cc(-n3ncc4c3CCNC4=O)ccn2)c1. The van der Waals surface area contributed by atoms with E-state index in [0.717, 1.165) is 34.6 Å². The molecule has 27 heavy (non-hydrogen) atoms. The van der Waals surface area contributed by atoms with E-state index in [1.165, 1.54) is 0 Å². The minimum Gasteiger partial charge on any atom is -0.352 e. The van der Waals surface area contributed by atoms with E-state index < -0.39 is 0 Å². The fourth-order valence-electron chi connectivity index (χ4n) is 3.43. The maximum absolute atomic E-state index is 13.9. The number of nitrogens with one attached hydrogen (secondary N) is 1. The maximum atomic E-state index is 13.9. The minimum atomic E-state index is -0.223. The van der Waals surface area contributed by atoms with E-state index in [-0.39, 0.29) is 17.6 Å². The van der Waals surface area contributed by atoms with E-state index in [0.29, 0.717) is 18.5 Å². The molecule has 0 bridgehead atoms. The highest BCUT2D eigenvalue weighted by Crippen LogP contribution is 2.22. The fraction of sp³-hybridized carbons (Fsp3) is 0.286. The van der Waals surface area contributed by atoms with Gasteiger partial charge in [0, 0.05) is 31.3 Å². The predicted octanol–water partition coefficient (Wildman–Crippen LogP) is 3.41. The summed E-state index contributed by atoms with van der Waals surface area (Å²) in [7, 11) is 0. The summed E-state index contributed by atoms with van der Waals surface area (Å²) in [6.07, 6.45) is 4.60. The summed E-state index contributed by atoms with van der Waals surface area (Å²) >= 11 is 0. The highest BCUT2D eigenvalue weighted by atomic mass is 19.1. The molecule has 138 valence electrons. The van der Waals surface area contributed by atoms with E-state index in [1.54, 1.807) is 29.2 Å². The van der Waals surface area contributed by atoms with E-state index in [4.69, 9.17) is 0 Å². The first-order valence-electron chi connectivity index (χ1n) is 9.11. The van der Waals surface area contributed by atoms with Crippen molar-refractivity contribution in [3.8, 4) is 5.69 Å². The van der Waals surface area contributed by atoms with Crippen LogP contribution in [0, 0.1) is 5.82 Å². The van der Waals surface area contributed by atoms with Crippen molar-refractivity contribution in [3.63, 3.8) is 0 Å². The van der Waals surface area contributed by atoms with Crippen LogP contribution in [-0.2, 0) is 12.8 Å². The number of pyridine rings is 1. The van der Waals surface area contributed by atoms with Gasteiger partial charge in [0.05, 0.1) is 23.1 Å². The summed E-state index contributed by atoms with van der Waals surface area (Å²) in [6, 6.07) is 8.98. The lowest BCUT2D eigenvalue weighted by atomic mass is 9.98. The van der Waals surface area contributed by atoms with E-state index in [2.05, 4.69) is 29.2 Å². The first-order chi connectivity index (χ1) is 13.0. The zero-order valence-electron chi connectivity index (χ0n) is 15.4. The van der Waals surface area contributed by atoms with Gasteiger partial charge in [-0.3, -0.25) is 9.78 Å². The van der Waals surface area contributed by atoms with Gasteiger partial charge in [0.1, 0.15) is 5.82 Å². The van der Waals surface area contributed by atoms with Gasteiger partial charge in [-0.1, -0.05) is 19.9 Å². The Hall–Kier alpha value is -3.02. The van der Waals surface area contributed by atoms with Gasteiger partial charge in [-0.2, -0.15) is 5.10 Å². The Morgan fingerprint density at radius 3 is 2.93 bits per heavy atom. The summed E-state index contributed by atoms with van der Waals surface area (Å²) in [5, 5.41) is 7.21. The first kappa shape index (κ1) is 17.4. The minimum absolute atomic E-state index is 0.0854. The van der Waals surface area contributed by atoms with Crippen LogP contribution in [0.15, 0.2) is 42.7 Å². The number of aromatic nitrogens is 3. The number of carbonyl (C=O) groups is 1. The van der Waals surface area contributed by atoms with Crippen molar-refractivity contribution in [1.82, 2.24) is 20.1 Å². The van der Waals surface area contributed by atoms with Gasteiger partial charge >= 0.3 is 0 Å². The molecule has 3 heterocycles. The van der Waals surface area contributed by atoms with Crippen LogP contribution in [0.2, 0.25) is 0 Å². The Labute approximate surface area is 157 Å². The van der Waals surface area contributed by atoms with Gasteiger partial charge in [0.15, 0.2) is 0 Å². The van der Waals surface area contributed by atoms with Crippen molar-refractivity contribution in [2.24, 2.45) is 0 Å². The fourth-order valence-corrected chi connectivity index (χ4v) is 3.43. The van der Waals surface area contributed by atoms with Gasteiger partial charge in [-0.05, 0) is 41.3 Å². The number of fused-ring (bicyclic) bond motifs is 1. The number of amides is 1. The Balaban J connectivity index is 1.65. The molecule has 0 fully saturated rings. The average Bonchev–Trinajstić information content (AvgIpc) is 3.07. The number of carbonyl (C=O) groups excluding carboxylic acids is 1. The summed E-state index contributed by atoms with van der Waals surface area (Å²) in [5.74, 6) is -0.0437. The Kier molecular flexibility index (Phi) is 4.48. The summed E-state index contributed by atoms with van der Waals surface area (Å²) in [6.45, 7) is 4.71. The third-order valence-electron chi connectivity index (χ3n) is 4.84. The van der Waals surface area contributed by atoms with Crippen LogP contribution in [0.5, 0.6) is 0 Å². The lowest BCUT2D eigenvalue weighted by molar-refractivity contribution is 0.0945. The molecule has 0 radical (unpaired) electrons. The Morgan fingerprint density at radius 1 is 1.26 bits per heavy atom. The number of halogens is 1. The maximum Gasteiger partial charge on any atom is 0.254 e. The number of benzene rings is 1.